The predicted octanol–water partition coefficient (Wildman–Crippen LogP) is 14.5. The molecule has 12 aromatic rings. The van der Waals surface area contributed by atoms with Gasteiger partial charge in [0.1, 0.15) is 89.1 Å². The standard InChI is InChI=1S/C26H29ClN6O2.C23H25ClN6O2.C17H22N4O2.C9H6BrClN2.CH4/c1-25(2)34-20-19(33-9-7-16-22(28)30-13-31-24(16)33)12-26(3,21(20)35-25)8-6-14-4-5-15-11-17(27)23(29)32-18(15)10-14;1-23(6-4-12-2-3-13-9-15(24)21(26)29-16(13)8-12)10-17(18(31)19(23)32)30-7-5-14-20(25)27-11-28-22(14)30;1-5-17(4)8-11(12-13(17)23-16(2,3)22-12)21-7-6-10-14(18)19-9-20-15(10)21;10-6-2-1-5-3-7(11)9(12)13-8(5)4-6;/h4-5,7,9-11,13,19-21H,6,8,12H2,1-3H3,(H2,29,32)(H2,28,30,31);2-3,5,7-9,11,17-19,31-32H,4,6,10H2,1H3,(H2,26,29)(H2,25,27,28);5-7,9,11-13H,1,8H2,2-4H3,(H2,18,19,20);1-4H,(H2,12,13);1H4/t19-,20+,21+,26+;17-,18+,19+,23+;11-,12+,13+,17+;;/m111../s1. The van der Waals surface area contributed by atoms with Crippen LogP contribution < -0.4 is 34.4 Å². The van der Waals surface area contributed by atoms with Gasteiger partial charge in [-0.15, -0.1) is 6.58 Å². The van der Waals surface area contributed by atoms with Crippen molar-refractivity contribution in [2.75, 3.05) is 34.4 Å². The average Bonchev–Trinajstić information content (AvgIpc) is 1.56. The van der Waals surface area contributed by atoms with Gasteiger partial charge in [-0.25, -0.2) is 44.9 Å². The maximum Gasteiger partial charge on any atom is 0.163 e. The van der Waals surface area contributed by atoms with Crippen LogP contribution in [0.3, 0.4) is 0 Å². The van der Waals surface area contributed by atoms with Gasteiger partial charge in [0.25, 0.3) is 0 Å². The minimum absolute atomic E-state index is 0. The molecule has 544 valence electrons. The molecular formula is C76H86BrCl3N18O6. The molecule has 2 saturated heterocycles. The first-order valence-electron chi connectivity index (χ1n) is 34.0. The van der Waals surface area contributed by atoms with Crippen molar-refractivity contribution in [1.29, 1.82) is 0 Å². The van der Waals surface area contributed by atoms with Crippen LogP contribution in [0.2, 0.25) is 15.1 Å². The van der Waals surface area contributed by atoms with Crippen LogP contribution in [0.15, 0.2) is 146 Å². The molecule has 104 heavy (non-hydrogen) atoms. The van der Waals surface area contributed by atoms with Gasteiger partial charge in [0.15, 0.2) is 11.6 Å². The van der Waals surface area contributed by atoms with Crippen LogP contribution in [-0.4, -0.2) is 117 Å². The number of pyridine rings is 3. The fourth-order valence-electron chi connectivity index (χ4n) is 15.9. The van der Waals surface area contributed by atoms with Gasteiger partial charge in [0, 0.05) is 44.6 Å². The number of aromatic nitrogens is 12. The highest BCUT2D eigenvalue weighted by molar-refractivity contribution is 9.10. The first-order valence-corrected chi connectivity index (χ1v) is 36.0. The van der Waals surface area contributed by atoms with Gasteiger partial charge >= 0.3 is 0 Å². The maximum atomic E-state index is 11.0. The number of benzene rings is 3. The molecule has 0 bridgehead atoms. The number of nitrogens with two attached hydrogens (primary N) is 6. The minimum atomic E-state index is -0.910. The van der Waals surface area contributed by atoms with E-state index in [1.807, 2.05) is 137 Å². The van der Waals surface area contributed by atoms with Crippen LogP contribution in [0.1, 0.15) is 117 Å². The normalized spacial score (nSPS) is 26.4. The number of aliphatic hydroxyl groups excluding tert-OH is 2. The summed E-state index contributed by atoms with van der Waals surface area (Å²) in [5, 5.41) is 28.7. The average molecular weight is 1530 g/mol. The lowest BCUT2D eigenvalue weighted by atomic mass is 9.80. The van der Waals surface area contributed by atoms with Gasteiger partial charge in [-0.3, -0.25) is 0 Å². The van der Waals surface area contributed by atoms with Crippen molar-refractivity contribution < 1.29 is 29.2 Å². The minimum Gasteiger partial charge on any atom is -0.390 e. The molecule has 17 rings (SSSR count). The Kier molecular flexibility index (Phi) is 19.9. The van der Waals surface area contributed by atoms with E-state index in [4.69, 9.17) is 88.2 Å². The van der Waals surface area contributed by atoms with Crippen molar-refractivity contribution in [1.82, 2.24) is 58.6 Å². The van der Waals surface area contributed by atoms with Crippen molar-refractivity contribution in [3.8, 4) is 0 Å². The molecule has 24 nitrogen and oxygen atoms in total. The summed E-state index contributed by atoms with van der Waals surface area (Å²) in [5.74, 6) is 1.19. The molecule has 11 heterocycles. The number of nitrogens with zero attached hydrogens (tertiary/aromatic N) is 12. The first kappa shape index (κ1) is 73.7. The molecule has 3 saturated carbocycles. The van der Waals surface area contributed by atoms with Crippen molar-refractivity contribution in [2.45, 2.75) is 167 Å². The van der Waals surface area contributed by atoms with E-state index in [1.54, 1.807) is 0 Å². The SMILES string of the molecule is C.C=C[C@@]1(C)C[C@@H](n2ccc3c(N)ncnc32)[C@@H]2OC(C)(C)O[C@@H]21.CC1(C)O[C@H]2[C@H](n3ccc4c(N)ncnc43)C[C@](C)(CCc3ccc4cc(Cl)c(N)nc4c3)[C@H]2O1.C[C@]1(CCc2ccc3cc(Cl)c(N)nc3c2)C[C@@H](n2ccc3c(N)ncnc32)[C@H](O)[C@@H]1O.Nc1nc2cc(Br)ccc2cc1Cl. The lowest BCUT2D eigenvalue weighted by molar-refractivity contribution is -0.168. The number of rotatable bonds is 10. The monoisotopic (exact) mass is 1530 g/mol. The van der Waals surface area contributed by atoms with Gasteiger partial charge in [-0.1, -0.05) is 115 Å². The molecule has 5 aliphatic rings. The predicted molar refractivity (Wildman–Crippen MR) is 416 cm³/mol. The topological polar surface area (TPSA) is 364 Å². The smallest absolute Gasteiger partial charge is 0.163 e. The molecule has 28 heteroatoms. The van der Waals surface area contributed by atoms with Crippen molar-refractivity contribution in [3.05, 3.63) is 172 Å². The molecule has 2 aliphatic heterocycles. The fourth-order valence-corrected chi connectivity index (χ4v) is 16.7. The molecule has 0 radical (unpaired) electrons. The molecule has 12 atom stereocenters. The summed E-state index contributed by atoms with van der Waals surface area (Å²) >= 11 is 21.4. The molecule has 3 aliphatic carbocycles. The maximum absolute atomic E-state index is 11.0. The fraction of sp³-hybridized carbons (Fsp3) is 0.382. The summed E-state index contributed by atoms with van der Waals surface area (Å²) in [5.41, 5.74) is 41.8. The van der Waals surface area contributed by atoms with E-state index in [1.165, 1.54) is 24.5 Å². The lowest BCUT2D eigenvalue weighted by Gasteiger charge is -2.32. The van der Waals surface area contributed by atoms with E-state index in [0.29, 0.717) is 68.5 Å². The summed E-state index contributed by atoms with van der Waals surface area (Å²) in [6, 6.07) is 29.3. The molecule has 0 unspecified atom stereocenters. The zero-order valence-corrected chi connectivity index (χ0v) is 61.8. The Morgan fingerprint density at radius 2 is 0.875 bits per heavy atom. The van der Waals surface area contributed by atoms with E-state index in [-0.39, 0.29) is 60.8 Å². The van der Waals surface area contributed by atoms with Gasteiger partial charge in [0.05, 0.1) is 84.2 Å². The second-order valence-electron chi connectivity index (χ2n) is 29.4. The number of fused-ring (bicyclic) bond motifs is 8. The van der Waals surface area contributed by atoms with E-state index < -0.39 is 29.2 Å². The molecule has 0 spiro atoms. The van der Waals surface area contributed by atoms with Gasteiger partial charge in [0.2, 0.25) is 0 Å². The third-order valence-corrected chi connectivity index (χ3v) is 22.8. The number of ether oxygens (including phenoxy) is 4. The Labute approximate surface area is 625 Å². The number of anilines is 6. The molecule has 3 aromatic carbocycles. The van der Waals surface area contributed by atoms with Gasteiger partial charge in [-0.05, 0) is 155 Å². The first-order chi connectivity index (χ1) is 48.9. The number of aliphatic hydroxyl groups is 2. The quantitative estimate of drug-likeness (QED) is 0.0590. The molecule has 9 aromatic heterocycles. The molecular weight excluding hydrogens is 1450 g/mol. The number of halogens is 4. The number of nitrogen functional groups attached to an aromatic ring is 6. The molecule has 14 N–H and O–H groups in total. The molecule has 0 amide bonds. The molecule has 5 fully saturated rings. The second kappa shape index (κ2) is 28.0. The Hall–Kier alpha value is -8.60. The summed E-state index contributed by atoms with van der Waals surface area (Å²) < 4.78 is 32.6. The Morgan fingerprint density at radius 3 is 1.33 bits per heavy atom. The van der Waals surface area contributed by atoms with Crippen LogP contribution in [0, 0.1) is 16.2 Å². The van der Waals surface area contributed by atoms with E-state index in [9.17, 15) is 10.2 Å². The highest BCUT2D eigenvalue weighted by Crippen LogP contribution is 2.57. The second-order valence-corrected chi connectivity index (χ2v) is 31.6. The van der Waals surface area contributed by atoms with Crippen LogP contribution >= 0.6 is 50.7 Å². The van der Waals surface area contributed by atoms with Crippen LogP contribution in [0.5, 0.6) is 0 Å². The summed E-state index contributed by atoms with van der Waals surface area (Å²) in [6.07, 6.45) is 16.0. The van der Waals surface area contributed by atoms with Crippen LogP contribution in [0.4, 0.5) is 34.9 Å². The Balaban J connectivity index is 0.000000129. The summed E-state index contributed by atoms with van der Waals surface area (Å²) in [6.45, 7) is 18.4. The van der Waals surface area contributed by atoms with Crippen molar-refractivity contribution in [3.63, 3.8) is 0 Å². The van der Waals surface area contributed by atoms with E-state index >= 15 is 0 Å². The summed E-state index contributed by atoms with van der Waals surface area (Å²) in [7, 11) is 0. The van der Waals surface area contributed by atoms with Crippen molar-refractivity contribution >= 4 is 151 Å². The van der Waals surface area contributed by atoms with Crippen LogP contribution in [-0.2, 0) is 31.8 Å². The van der Waals surface area contributed by atoms with Crippen molar-refractivity contribution in [2.24, 2.45) is 16.2 Å². The zero-order chi connectivity index (χ0) is 73.0. The number of aryl methyl sites for hydroxylation is 2. The Morgan fingerprint density at radius 1 is 0.490 bits per heavy atom. The van der Waals surface area contributed by atoms with E-state index in [2.05, 4.69) is 109 Å². The van der Waals surface area contributed by atoms with E-state index in [0.717, 1.165) is 102 Å². The van der Waals surface area contributed by atoms with Crippen LogP contribution in [0.25, 0.3) is 65.8 Å². The Bertz CT molecular complexity index is 5270. The van der Waals surface area contributed by atoms with Gasteiger partial charge in [-0.2, -0.15) is 0 Å². The number of hydrogen-bond donors (Lipinski definition) is 8. The number of hydrogen-bond acceptors (Lipinski definition) is 21. The lowest BCUT2D eigenvalue weighted by Crippen LogP contribution is -2.35. The van der Waals surface area contributed by atoms with Gasteiger partial charge < -0.3 is 77.3 Å². The summed E-state index contributed by atoms with van der Waals surface area (Å²) in [4.78, 5) is 38.5. The highest BCUT2D eigenvalue weighted by Gasteiger charge is 2.61. The third kappa shape index (κ3) is 13.9. The zero-order valence-electron chi connectivity index (χ0n) is 57.9. The third-order valence-electron chi connectivity index (χ3n) is 21.4. The highest BCUT2D eigenvalue weighted by atomic mass is 79.9. The largest absolute Gasteiger partial charge is 0.390 e.